The summed E-state index contributed by atoms with van der Waals surface area (Å²) in [5.74, 6) is 1.70. The maximum absolute atomic E-state index is 11.9. The van der Waals surface area contributed by atoms with Crippen molar-refractivity contribution in [2.75, 3.05) is 39.4 Å². The molecule has 2 aliphatic rings. The molecule has 0 amide bonds. The average molecular weight is 172 g/mol. The SMILES string of the molecule is FCCCN1C[C@H]2CNC[C@H]2C1. The van der Waals surface area contributed by atoms with Crippen LogP contribution in [0.5, 0.6) is 0 Å². The topological polar surface area (TPSA) is 15.3 Å². The molecule has 0 aromatic carbocycles. The molecule has 0 radical (unpaired) electrons. The molecule has 3 heteroatoms. The van der Waals surface area contributed by atoms with Crippen molar-refractivity contribution >= 4 is 0 Å². The van der Waals surface area contributed by atoms with Crippen LogP contribution < -0.4 is 5.32 Å². The summed E-state index contributed by atoms with van der Waals surface area (Å²) in [6, 6.07) is 0. The van der Waals surface area contributed by atoms with E-state index < -0.39 is 0 Å². The van der Waals surface area contributed by atoms with Gasteiger partial charge in [-0.15, -0.1) is 0 Å². The van der Waals surface area contributed by atoms with E-state index in [0.717, 1.165) is 18.4 Å². The minimum Gasteiger partial charge on any atom is -0.316 e. The quantitative estimate of drug-likeness (QED) is 0.667. The number of rotatable bonds is 3. The molecule has 0 saturated carbocycles. The third-order valence-electron chi connectivity index (χ3n) is 3.07. The highest BCUT2D eigenvalue weighted by atomic mass is 19.1. The predicted molar refractivity (Wildman–Crippen MR) is 46.9 cm³/mol. The summed E-state index contributed by atoms with van der Waals surface area (Å²) in [6.07, 6.45) is 0.715. The number of nitrogens with one attached hydrogen (secondary N) is 1. The smallest absolute Gasteiger partial charge is 0.0906 e. The van der Waals surface area contributed by atoms with Crippen LogP contribution in [0, 0.1) is 11.8 Å². The predicted octanol–water partition coefficient (Wildman–Crippen LogP) is 0.497. The van der Waals surface area contributed by atoms with Gasteiger partial charge < -0.3 is 10.2 Å². The van der Waals surface area contributed by atoms with E-state index in [-0.39, 0.29) is 6.67 Å². The number of alkyl halides is 1. The maximum Gasteiger partial charge on any atom is 0.0906 e. The highest BCUT2D eigenvalue weighted by Crippen LogP contribution is 2.25. The highest BCUT2D eigenvalue weighted by Gasteiger charge is 2.35. The van der Waals surface area contributed by atoms with E-state index in [0.29, 0.717) is 6.42 Å². The minimum absolute atomic E-state index is 0.163. The fourth-order valence-corrected chi connectivity index (χ4v) is 2.42. The van der Waals surface area contributed by atoms with Crippen LogP contribution in [-0.4, -0.2) is 44.3 Å². The average Bonchev–Trinajstić information content (AvgIpc) is 2.58. The van der Waals surface area contributed by atoms with Gasteiger partial charge in [0.15, 0.2) is 0 Å². The van der Waals surface area contributed by atoms with Crippen LogP contribution in [0.1, 0.15) is 6.42 Å². The molecule has 2 nitrogen and oxygen atoms in total. The van der Waals surface area contributed by atoms with Gasteiger partial charge in [0.25, 0.3) is 0 Å². The summed E-state index contributed by atoms with van der Waals surface area (Å²) in [5, 5.41) is 3.40. The van der Waals surface area contributed by atoms with E-state index in [2.05, 4.69) is 10.2 Å². The van der Waals surface area contributed by atoms with E-state index in [1.807, 2.05) is 0 Å². The van der Waals surface area contributed by atoms with Crippen molar-refractivity contribution in [1.29, 1.82) is 0 Å². The number of hydrogen-bond donors (Lipinski definition) is 1. The zero-order valence-electron chi connectivity index (χ0n) is 7.43. The van der Waals surface area contributed by atoms with Gasteiger partial charge in [-0.05, 0) is 31.3 Å². The van der Waals surface area contributed by atoms with Gasteiger partial charge in [0.2, 0.25) is 0 Å². The van der Waals surface area contributed by atoms with Crippen molar-refractivity contribution in [3.8, 4) is 0 Å². The third-order valence-corrected chi connectivity index (χ3v) is 3.07. The van der Waals surface area contributed by atoms with Gasteiger partial charge in [0.05, 0.1) is 6.67 Å². The summed E-state index contributed by atoms with van der Waals surface area (Å²) in [4.78, 5) is 2.41. The van der Waals surface area contributed by atoms with Gasteiger partial charge in [-0.1, -0.05) is 0 Å². The first-order chi connectivity index (χ1) is 5.90. The zero-order chi connectivity index (χ0) is 8.39. The van der Waals surface area contributed by atoms with Crippen molar-refractivity contribution in [1.82, 2.24) is 10.2 Å². The zero-order valence-corrected chi connectivity index (χ0v) is 7.43. The molecule has 0 unspecified atom stereocenters. The molecule has 2 heterocycles. The van der Waals surface area contributed by atoms with Gasteiger partial charge in [0.1, 0.15) is 0 Å². The normalized spacial score (nSPS) is 35.8. The highest BCUT2D eigenvalue weighted by molar-refractivity contribution is 4.90. The van der Waals surface area contributed by atoms with Crippen molar-refractivity contribution in [3.63, 3.8) is 0 Å². The summed E-state index contributed by atoms with van der Waals surface area (Å²) >= 11 is 0. The number of fused-ring (bicyclic) bond motifs is 1. The molecule has 1 N–H and O–H groups in total. The van der Waals surface area contributed by atoms with Crippen LogP contribution in [-0.2, 0) is 0 Å². The monoisotopic (exact) mass is 172 g/mol. The molecular weight excluding hydrogens is 155 g/mol. The van der Waals surface area contributed by atoms with E-state index in [9.17, 15) is 4.39 Å². The van der Waals surface area contributed by atoms with Crippen molar-refractivity contribution in [3.05, 3.63) is 0 Å². The first-order valence-corrected chi connectivity index (χ1v) is 4.89. The van der Waals surface area contributed by atoms with Crippen LogP contribution in [0.15, 0.2) is 0 Å². The van der Waals surface area contributed by atoms with Crippen molar-refractivity contribution in [2.45, 2.75) is 6.42 Å². The van der Waals surface area contributed by atoms with E-state index in [1.165, 1.54) is 26.2 Å². The Morgan fingerprint density at radius 1 is 1.25 bits per heavy atom. The van der Waals surface area contributed by atoms with E-state index >= 15 is 0 Å². The van der Waals surface area contributed by atoms with E-state index in [1.54, 1.807) is 0 Å². The van der Waals surface area contributed by atoms with Crippen LogP contribution in [0.2, 0.25) is 0 Å². The molecule has 2 atom stereocenters. The second kappa shape index (κ2) is 3.71. The fourth-order valence-electron chi connectivity index (χ4n) is 2.42. The molecule has 0 aromatic rings. The third kappa shape index (κ3) is 1.62. The summed E-state index contributed by atoms with van der Waals surface area (Å²) in [5.41, 5.74) is 0. The molecule has 70 valence electrons. The lowest BCUT2D eigenvalue weighted by atomic mass is 10.0. The van der Waals surface area contributed by atoms with Crippen molar-refractivity contribution in [2.24, 2.45) is 11.8 Å². The number of likely N-dealkylation sites (tertiary alicyclic amines) is 1. The molecule has 0 aromatic heterocycles. The molecule has 0 bridgehead atoms. The second-order valence-electron chi connectivity index (χ2n) is 3.98. The molecule has 12 heavy (non-hydrogen) atoms. The molecule has 2 fully saturated rings. The summed E-state index contributed by atoms with van der Waals surface area (Å²) < 4.78 is 11.9. The molecule has 0 aliphatic carbocycles. The molecule has 2 saturated heterocycles. The molecule has 0 spiro atoms. The Labute approximate surface area is 73.1 Å². The second-order valence-corrected chi connectivity index (χ2v) is 3.98. The van der Waals surface area contributed by atoms with Crippen LogP contribution >= 0.6 is 0 Å². The first-order valence-electron chi connectivity index (χ1n) is 4.89. The summed E-state index contributed by atoms with van der Waals surface area (Å²) in [7, 11) is 0. The van der Waals surface area contributed by atoms with Crippen LogP contribution in [0.3, 0.4) is 0 Å². The molecular formula is C9H17FN2. The van der Waals surface area contributed by atoms with Gasteiger partial charge in [-0.25, -0.2) is 0 Å². The van der Waals surface area contributed by atoms with Crippen LogP contribution in [0.4, 0.5) is 4.39 Å². The Morgan fingerprint density at radius 3 is 2.50 bits per heavy atom. The number of halogens is 1. The minimum atomic E-state index is -0.163. The first kappa shape index (κ1) is 8.45. The maximum atomic E-state index is 11.9. The van der Waals surface area contributed by atoms with Gasteiger partial charge in [-0.2, -0.15) is 0 Å². The number of nitrogens with zero attached hydrogens (tertiary/aromatic N) is 1. The largest absolute Gasteiger partial charge is 0.316 e. The Bertz CT molecular complexity index is 139. The lowest BCUT2D eigenvalue weighted by Crippen LogP contribution is -2.26. The fraction of sp³-hybridized carbons (Fsp3) is 1.00. The Kier molecular flexibility index (Phi) is 2.61. The Morgan fingerprint density at radius 2 is 1.92 bits per heavy atom. The lowest BCUT2D eigenvalue weighted by Gasteiger charge is -2.15. The van der Waals surface area contributed by atoms with Gasteiger partial charge >= 0.3 is 0 Å². The van der Waals surface area contributed by atoms with Gasteiger partial charge in [-0.3, -0.25) is 4.39 Å². The Balaban J connectivity index is 1.75. The van der Waals surface area contributed by atoms with E-state index in [4.69, 9.17) is 0 Å². The molecule has 2 rings (SSSR count). The van der Waals surface area contributed by atoms with Crippen LogP contribution in [0.25, 0.3) is 0 Å². The molecule has 2 aliphatic heterocycles. The number of hydrogen-bond acceptors (Lipinski definition) is 2. The lowest BCUT2D eigenvalue weighted by molar-refractivity contribution is 0.292. The summed E-state index contributed by atoms with van der Waals surface area (Å²) in [6.45, 7) is 5.54. The Hall–Kier alpha value is -0.150. The van der Waals surface area contributed by atoms with Gasteiger partial charge in [0, 0.05) is 19.6 Å². The standard InChI is InChI=1S/C9H17FN2/c10-2-1-3-12-6-8-4-11-5-9(8)7-12/h8-9,11H,1-7H2/t8-,9+. The van der Waals surface area contributed by atoms with Crippen molar-refractivity contribution < 1.29 is 4.39 Å².